The molecular formula is C25H22N2O3. The fourth-order valence-electron chi connectivity index (χ4n) is 3.18. The molecule has 5 heteroatoms. The minimum atomic E-state index is -0.247. The number of ether oxygens (including phenoxy) is 1. The lowest BCUT2D eigenvalue weighted by atomic mass is 10.1. The van der Waals surface area contributed by atoms with E-state index in [1.165, 1.54) is 6.26 Å². The summed E-state index contributed by atoms with van der Waals surface area (Å²) < 4.78 is 11.3. The van der Waals surface area contributed by atoms with Crippen LogP contribution in [0.2, 0.25) is 0 Å². The van der Waals surface area contributed by atoms with Crippen LogP contribution in [-0.4, -0.2) is 10.9 Å². The zero-order valence-corrected chi connectivity index (χ0v) is 16.6. The Balaban J connectivity index is 1.39. The number of nitrogens with zero attached hydrogens (tertiary/aromatic N) is 1. The number of hydrogen-bond acceptors (Lipinski definition) is 4. The van der Waals surface area contributed by atoms with Gasteiger partial charge in [0.15, 0.2) is 5.76 Å². The molecule has 2 aromatic heterocycles. The van der Waals surface area contributed by atoms with E-state index in [-0.39, 0.29) is 11.9 Å². The van der Waals surface area contributed by atoms with E-state index in [0.717, 1.165) is 28.0 Å². The van der Waals surface area contributed by atoms with Crippen LogP contribution in [0.1, 0.15) is 34.6 Å². The summed E-state index contributed by atoms with van der Waals surface area (Å²) in [4.78, 5) is 16.9. The molecule has 30 heavy (non-hydrogen) atoms. The maximum Gasteiger partial charge on any atom is 0.288 e. The first-order valence-electron chi connectivity index (χ1n) is 9.76. The number of pyridine rings is 1. The van der Waals surface area contributed by atoms with Crippen LogP contribution in [-0.2, 0) is 6.61 Å². The zero-order chi connectivity index (χ0) is 20.8. The van der Waals surface area contributed by atoms with Gasteiger partial charge in [0.25, 0.3) is 5.91 Å². The monoisotopic (exact) mass is 398 g/mol. The number of carbonyl (C=O) groups is 1. The van der Waals surface area contributed by atoms with E-state index in [1.54, 1.807) is 12.4 Å². The number of benzene rings is 2. The van der Waals surface area contributed by atoms with E-state index in [0.29, 0.717) is 12.4 Å². The molecule has 2 aromatic carbocycles. The summed E-state index contributed by atoms with van der Waals surface area (Å²) in [5, 5.41) is 3.00. The van der Waals surface area contributed by atoms with Gasteiger partial charge in [-0.15, -0.1) is 0 Å². The van der Waals surface area contributed by atoms with E-state index in [2.05, 4.69) is 10.3 Å². The normalized spacial score (nSPS) is 11.6. The topological polar surface area (TPSA) is 64.4 Å². The molecule has 0 fully saturated rings. The average molecular weight is 398 g/mol. The number of hydrogen-bond donors (Lipinski definition) is 1. The molecule has 150 valence electrons. The number of nitrogens with one attached hydrogen (secondary N) is 1. The number of aromatic nitrogens is 1. The summed E-state index contributed by atoms with van der Waals surface area (Å²) in [5.74, 6) is 0.825. The minimum Gasteiger partial charge on any atom is -0.489 e. The molecule has 1 N–H and O–H groups in total. The summed E-state index contributed by atoms with van der Waals surface area (Å²) >= 11 is 0. The lowest BCUT2D eigenvalue weighted by Crippen LogP contribution is -2.26. The van der Waals surface area contributed by atoms with Crippen LogP contribution < -0.4 is 10.1 Å². The maximum atomic E-state index is 12.8. The molecule has 1 amide bonds. The van der Waals surface area contributed by atoms with Gasteiger partial charge in [-0.1, -0.05) is 48.5 Å². The number of amides is 1. The van der Waals surface area contributed by atoms with Gasteiger partial charge in [-0.2, -0.15) is 0 Å². The fourth-order valence-corrected chi connectivity index (χ4v) is 3.18. The zero-order valence-electron chi connectivity index (χ0n) is 16.6. The van der Waals surface area contributed by atoms with Gasteiger partial charge in [-0.05, 0) is 42.3 Å². The predicted octanol–water partition coefficient (Wildman–Crippen LogP) is 5.41. The van der Waals surface area contributed by atoms with Crippen LogP contribution in [0.15, 0.2) is 95.9 Å². The molecule has 5 nitrogen and oxygen atoms in total. The summed E-state index contributed by atoms with van der Waals surface area (Å²) in [6.07, 6.45) is 5.06. The molecule has 1 atom stereocenters. The van der Waals surface area contributed by atoms with Crippen molar-refractivity contribution in [2.24, 2.45) is 0 Å². The van der Waals surface area contributed by atoms with Crippen molar-refractivity contribution in [1.29, 1.82) is 0 Å². The molecule has 0 bridgehead atoms. The Morgan fingerprint density at radius 2 is 1.83 bits per heavy atom. The third-order valence-corrected chi connectivity index (χ3v) is 4.81. The molecule has 0 aliphatic carbocycles. The van der Waals surface area contributed by atoms with Gasteiger partial charge in [-0.3, -0.25) is 9.78 Å². The van der Waals surface area contributed by atoms with Crippen molar-refractivity contribution in [3.63, 3.8) is 0 Å². The highest BCUT2D eigenvalue weighted by Crippen LogP contribution is 2.26. The Kier molecular flexibility index (Phi) is 5.90. The number of carbonyl (C=O) groups excluding carboxylic acids is 1. The van der Waals surface area contributed by atoms with Crippen molar-refractivity contribution in [3.8, 4) is 16.9 Å². The van der Waals surface area contributed by atoms with Crippen molar-refractivity contribution in [1.82, 2.24) is 10.3 Å². The highest BCUT2D eigenvalue weighted by molar-refractivity contribution is 5.98. The first-order valence-corrected chi connectivity index (χ1v) is 9.76. The van der Waals surface area contributed by atoms with Crippen LogP contribution in [0.3, 0.4) is 0 Å². The van der Waals surface area contributed by atoms with Crippen molar-refractivity contribution < 1.29 is 13.9 Å². The van der Waals surface area contributed by atoms with E-state index >= 15 is 0 Å². The quantitative estimate of drug-likeness (QED) is 0.452. The second kappa shape index (κ2) is 9.09. The Morgan fingerprint density at radius 3 is 2.57 bits per heavy atom. The van der Waals surface area contributed by atoms with Gasteiger partial charge >= 0.3 is 0 Å². The summed E-state index contributed by atoms with van der Waals surface area (Å²) in [6, 6.07) is 22.9. The standard InChI is InChI=1S/C25H22N2O3/c1-18(20-9-11-22(12-10-20)30-17-19-6-5-14-26-16-19)27-25(28)24-23(13-15-29-24)21-7-3-2-4-8-21/h2-16,18H,17H2,1H3,(H,27,28). The Bertz CT molecular complexity index is 1090. The summed E-state index contributed by atoms with van der Waals surface area (Å²) in [5.41, 5.74) is 3.71. The molecule has 0 aliphatic heterocycles. The smallest absolute Gasteiger partial charge is 0.288 e. The third kappa shape index (κ3) is 4.58. The largest absolute Gasteiger partial charge is 0.489 e. The van der Waals surface area contributed by atoms with E-state index in [1.807, 2.05) is 79.7 Å². The Hall–Kier alpha value is -3.86. The van der Waals surface area contributed by atoms with Crippen molar-refractivity contribution in [3.05, 3.63) is 108 Å². The minimum absolute atomic E-state index is 0.182. The molecular weight excluding hydrogens is 376 g/mol. The second-order valence-corrected chi connectivity index (χ2v) is 6.94. The number of rotatable bonds is 7. The van der Waals surface area contributed by atoms with Crippen LogP contribution in [0.5, 0.6) is 5.75 Å². The van der Waals surface area contributed by atoms with Gasteiger partial charge < -0.3 is 14.5 Å². The first-order chi connectivity index (χ1) is 14.7. The molecule has 0 saturated carbocycles. The highest BCUT2D eigenvalue weighted by atomic mass is 16.5. The summed E-state index contributed by atoms with van der Waals surface area (Å²) in [6.45, 7) is 2.40. The molecule has 1 unspecified atom stereocenters. The van der Waals surface area contributed by atoms with E-state index < -0.39 is 0 Å². The van der Waals surface area contributed by atoms with Gasteiger partial charge in [-0.25, -0.2) is 0 Å². The van der Waals surface area contributed by atoms with E-state index in [4.69, 9.17) is 9.15 Å². The molecule has 0 saturated heterocycles. The molecule has 0 aliphatic rings. The number of furan rings is 1. The highest BCUT2D eigenvalue weighted by Gasteiger charge is 2.19. The molecule has 2 heterocycles. The lowest BCUT2D eigenvalue weighted by molar-refractivity contribution is 0.0913. The SMILES string of the molecule is CC(NC(=O)c1occc1-c1ccccc1)c1ccc(OCc2cccnc2)cc1. The third-order valence-electron chi connectivity index (χ3n) is 4.81. The predicted molar refractivity (Wildman–Crippen MR) is 115 cm³/mol. The molecule has 0 spiro atoms. The molecule has 0 radical (unpaired) electrons. The van der Waals surface area contributed by atoms with Crippen LogP contribution in [0.4, 0.5) is 0 Å². The van der Waals surface area contributed by atoms with Gasteiger partial charge in [0.1, 0.15) is 12.4 Å². The second-order valence-electron chi connectivity index (χ2n) is 6.94. The van der Waals surface area contributed by atoms with Crippen molar-refractivity contribution >= 4 is 5.91 Å². The van der Waals surface area contributed by atoms with Crippen molar-refractivity contribution in [2.45, 2.75) is 19.6 Å². The Morgan fingerprint density at radius 1 is 1.03 bits per heavy atom. The van der Waals surface area contributed by atoms with E-state index in [9.17, 15) is 4.79 Å². The van der Waals surface area contributed by atoms with Gasteiger partial charge in [0.2, 0.25) is 0 Å². The Labute approximate surface area is 175 Å². The lowest BCUT2D eigenvalue weighted by Gasteiger charge is -2.15. The van der Waals surface area contributed by atoms with Crippen molar-refractivity contribution in [2.75, 3.05) is 0 Å². The molecule has 4 aromatic rings. The average Bonchev–Trinajstić information content (AvgIpc) is 3.29. The maximum absolute atomic E-state index is 12.8. The van der Waals surface area contributed by atoms with Gasteiger partial charge in [0, 0.05) is 23.5 Å². The summed E-state index contributed by atoms with van der Waals surface area (Å²) in [7, 11) is 0. The fraction of sp³-hybridized carbons (Fsp3) is 0.120. The van der Waals surface area contributed by atoms with Crippen LogP contribution in [0.25, 0.3) is 11.1 Å². The molecule has 4 rings (SSSR count). The van der Waals surface area contributed by atoms with Gasteiger partial charge in [0.05, 0.1) is 12.3 Å². The first kappa shape index (κ1) is 19.5. The van der Waals surface area contributed by atoms with Crippen LogP contribution in [0, 0.1) is 0 Å². The van der Waals surface area contributed by atoms with Crippen LogP contribution >= 0.6 is 0 Å².